The van der Waals surface area contributed by atoms with Gasteiger partial charge in [0.05, 0.1) is 38.8 Å². The van der Waals surface area contributed by atoms with Crippen molar-refractivity contribution in [1.82, 2.24) is 0 Å². The largest absolute Gasteiger partial charge is 0.478 e. The number of unbranched alkanes of at least 4 members (excludes halogenated alkanes) is 13. The van der Waals surface area contributed by atoms with Gasteiger partial charge in [0.15, 0.2) is 0 Å². The van der Waals surface area contributed by atoms with Gasteiger partial charge in [0.1, 0.15) is 0 Å². The molecular formula is C33H52NO4S2+. The highest BCUT2D eigenvalue weighted by molar-refractivity contribution is 8.76. The van der Waals surface area contributed by atoms with Crippen molar-refractivity contribution in [2.45, 2.75) is 107 Å². The Kier molecular flexibility index (Phi) is 19.6. The van der Waals surface area contributed by atoms with Crippen LogP contribution in [0.1, 0.15) is 118 Å². The Morgan fingerprint density at radius 3 is 1.12 bits per heavy atom. The topological polar surface area (TPSA) is 74.6 Å². The van der Waals surface area contributed by atoms with Crippen LogP contribution >= 0.6 is 21.6 Å². The number of carboxylic acid groups (broad SMARTS) is 2. The van der Waals surface area contributed by atoms with Gasteiger partial charge in [0.25, 0.3) is 0 Å². The fraction of sp³-hybridized carbons (Fsp3) is 0.576. The summed E-state index contributed by atoms with van der Waals surface area (Å²) in [4.78, 5) is 23.3. The Labute approximate surface area is 251 Å². The van der Waals surface area contributed by atoms with Crippen molar-refractivity contribution in [1.29, 1.82) is 0 Å². The van der Waals surface area contributed by atoms with E-state index in [-0.39, 0.29) is 11.1 Å². The summed E-state index contributed by atoms with van der Waals surface area (Å²) in [6.45, 7) is 3.63. The number of nitrogens with zero attached hydrogens (tertiary/aromatic N) is 1. The molecule has 0 unspecified atom stereocenters. The van der Waals surface area contributed by atoms with Gasteiger partial charge in [-0.3, -0.25) is 0 Å². The third-order valence-electron chi connectivity index (χ3n) is 6.62. The molecule has 0 aromatic heterocycles. The van der Waals surface area contributed by atoms with E-state index in [4.69, 9.17) is 10.2 Å². The van der Waals surface area contributed by atoms with Gasteiger partial charge in [0.2, 0.25) is 0 Å². The van der Waals surface area contributed by atoms with E-state index in [1.54, 1.807) is 48.5 Å². The zero-order valence-electron chi connectivity index (χ0n) is 25.2. The van der Waals surface area contributed by atoms with E-state index in [1.807, 2.05) is 0 Å². The number of hydrogen-bond acceptors (Lipinski definition) is 4. The standard InChI is InChI=1S/C19H42N.C14H10O4S2/c1-5-6-7-8-9-10-11-12-13-14-15-16-17-18-19-20(2,3)4;15-13(16)9-1-5-11(6-2-9)19-20-12-7-3-10(4-8-12)14(17)18/h5-19H2,1-4H3;1-8H,(H,15,16)(H,17,18)/q+1;. The predicted octanol–water partition coefficient (Wildman–Crippen LogP) is 10.1. The van der Waals surface area contributed by atoms with Crippen LogP contribution in [0.4, 0.5) is 0 Å². The molecule has 224 valence electrons. The van der Waals surface area contributed by atoms with Gasteiger partial charge < -0.3 is 14.7 Å². The molecule has 2 aromatic rings. The SMILES string of the molecule is CCCCCCCCCCCCCCCC[N+](C)(C)C.O=C(O)c1ccc(SSc2ccc(C(=O)O)cc2)cc1. The second-order valence-corrected chi connectivity index (χ2v) is 13.7. The maximum atomic E-state index is 10.7. The zero-order chi connectivity index (χ0) is 29.6. The Hall–Kier alpha value is -1.96. The monoisotopic (exact) mass is 590 g/mol. The van der Waals surface area contributed by atoms with E-state index in [0.29, 0.717) is 0 Å². The average molecular weight is 591 g/mol. The maximum Gasteiger partial charge on any atom is 0.335 e. The van der Waals surface area contributed by atoms with Crippen LogP contribution in [-0.2, 0) is 0 Å². The van der Waals surface area contributed by atoms with Gasteiger partial charge in [0, 0.05) is 9.79 Å². The lowest BCUT2D eigenvalue weighted by atomic mass is 10.0. The van der Waals surface area contributed by atoms with E-state index in [1.165, 1.54) is 118 Å². The summed E-state index contributed by atoms with van der Waals surface area (Å²) >= 11 is 0. The highest BCUT2D eigenvalue weighted by Gasteiger charge is 2.06. The van der Waals surface area contributed by atoms with Crippen molar-refractivity contribution in [2.24, 2.45) is 0 Å². The van der Waals surface area contributed by atoms with E-state index in [2.05, 4.69) is 28.1 Å². The molecule has 2 N–H and O–H groups in total. The Bertz CT molecular complexity index is 883. The van der Waals surface area contributed by atoms with Crippen molar-refractivity contribution in [3.8, 4) is 0 Å². The predicted molar refractivity (Wildman–Crippen MR) is 172 cm³/mol. The highest BCUT2D eigenvalue weighted by atomic mass is 33.1. The number of aromatic carboxylic acids is 2. The molecule has 0 aliphatic heterocycles. The number of benzene rings is 2. The molecule has 2 aromatic carbocycles. The summed E-state index contributed by atoms with van der Waals surface area (Å²) in [7, 11) is 9.85. The molecule has 40 heavy (non-hydrogen) atoms. The fourth-order valence-corrected chi connectivity index (χ4v) is 6.11. The van der Waals surface area contributed by atoms with Crippen LogP contribution in [0.3, 0.4) is 0 Å². The molecule has 0 bridgehead atoms. The van der Waals surface area contributed by atoms with E-state index >= 15 is 0 Å². The number of hydrogen-bond donors (Lipinski definition) is 2. The van der Waals surface area contributed by atoms with E-state index in [0.717, 1.165) is 14.3 Å². The molecule has 5 nitrogen and oxygen atoms in total. The number of quaternary nitrogens is 1. The molecule has 0 amide bonds. The summed E-state index contributed by atoms with van der Waals surface area (Å²) in [5, 5.41) is 17.6. The Balaban J connectivity index is 0.000000400. The molecule has 0 saturated carbocycles. The highest BCUT2D eigenvalue weighted by Crippen LogP contribution is 2.37. The first-order valence-electron chi connectivity index (χ1n) is 14.9. The van der Waals surface area contributed by atoms with Crippen LogP contribution in [-0.4, -0.2) is 54.3 Å². The van der Waals surface area contributed by atoms with Gasteiger partial charge in [-0.05, 0) is 61.4 Å². The van der Waals surface area contributed by atoms with Crippen LogP contribution in [0.15, 0.2) is 58.3 Å². The summed E-state index contributed by atoms with van der Waals surface area (Å²) in [5.74, 6) is -1.89. The number of rotatable bonds is 20. The van der Waals surface area contributed by atoms with Crippen molar-refractivity contribution in [2.75, 3.05) is 27.7 Å². The van der Waals surface area contributed by atoms with Crippen LogP contribution in [0.25, 0.3) is 0 Å². The van der Waals surface area contributed by atoms with E-state index < -0.39 is 11.9 Å². The summed E-state index contributed by atoms with van der Waals surface area (Å²) in [6.07, 6.45) is 20.4. The lowest BCUT2D eigenvalue weighted by molar-refractivity contribution is -0.870. The molecule has 0 fully saturated rings. The Morgan fingerprint density at radius 1 is 0.550 bits per heavy atom. The minimum atomic E-state index is -0.946. The molecule has 0 heterocycles. The van der Waals surface area contributed by atoms with Gasteiger partial charge in [-0.1, -0.05) is 106 Å². The van der Waals surface area contributed by atoms with Gasteiger partial charge in [-0.25, -0.2) is 9.59 Å². The molecule has 0 aliphatic rings. The zero-order valence-corrected chi connectivity index (χ0v) is 26.8. The minimum Gasteiger partial charge on any atom is -0.478 e. The first-order chi connectivity index (χ1) is 19.1. The van der Waals surface area contributed by atoms with Crippen LogP contribution in [0, 0.1) is 0 Å². The molecule has 2 rings (SSSR count). The average Bonchev–Trinajstić information content (AvgIpc) is 2.92. The van der Waals surface area contributed by atoms with Gasteiger partial charge in [-0.15, -0.1) is 0 Å². The molecular weight excluding hydrogens is 539 g/mol. The minimum absolute atomic E-state index is 0.255. The van der Waals surface area contributed by atoms with Crippen molar-refractivity contribution < 1.29 is 24.3 Å². The van der Waals surface area contributed by atoms with Gasteiger partial charge >= 0.3 is 11.9 Å². The molecule has 0 spiro atoms. The van der Waals surface area contributed by atoms with Crippen LogP contribution < -0.4 is 0 Å². The van der Waals surface area contributed by atoms with Crippen molar-refractivity contribution in [3.63, 3.8) is 0 Å². The van der Waals surface area contributed by atoms with Gasteiger partial charge in [-0.2, -0.15) is 0 Å². The quantitative estimate of drug-likeness (QED) is 0.0908. The molecule has 0 aliphatic carbocycles. The third-order valence-corrected chi connectivity index (χ3v) is 9.04. The van der Waals surface area contributed by atoms with Crippen molar-refractivity contribution >= 4 is 33.5 Å². The maximum absolute atomic E-state index is 10.7. The first-order valence-corrected chi connectivity index (χ1v) is 17.1. The summed E-state index contributed by atoms with van der Waals surface area (Å²) in [6, 6.07) is 13.2. The molecule has 0 saturated heterocycles. The number of carboxylic acids is 2. The van der Waals surface area contributed by atoms with Crippen LogP contribution in [0.5, 0.6) is 0 Å². The molecule has 0 atom stereocenters. The lowest BCUT2D eigenvalue weighted by Gasteiger charge is -2.23. The molecule has 0 radical (unpaired) electrons. The first kappa shape index (κ1) is 36.1. The normalized spacial score (nSPS) is 11.1. The Morgan fingerprint density at radius 2 is 0.850 bits per heavy atom. The lowest BCUT2D eigenvalue weighted by Crippen LogP contribution is -2.35. The second-order valence-electron chi connectivity index (χ2n) is 11.4. The molecule has 7 heteroatoms. The fourth-order valence-electron chi connectivity index (χ4n) is 4.18. The summed E-state index contributed by atoms with van der Waals surface area (Å²) < 4.78 is 1.12. The third kappa shape index (κ3) is 19.2. The van der Waals surface area contributed by atoms with Crippen molar-refractivity contribution in [3.05, 3.63) is 59.7 Å². The van der Waals surface area contributed by atoms with E-state index in [9.17, 15) is 9.59 Å². The number of carbonyl (C=O) groups is 2. The smallest absolute Gasteiger partial charge is 0.335 e. The summed E-state index contributed by atoms with van der Waals surface area (Å²) in [5.41, 5.74) is 0.510. The second kappa shape index (κ2) is 21.7. The van der Waals surface area contributed by atoms with Crippen LogP contribution in [0.2, 0.25) is 0 Å².